The van der Waals surface area contributed by atoms with Crippen LogP contribution in [0.3, 0.4) is 0 Å². The average Bonchev–Trinajstić information content (AvgIpc) is 2.38. The van der Waals surface area contributed by atoms with Gasteiger partial charge < -0.3 is 10.0 Å². The molecule has 2 unspecified atom stereocenters. The Morgan fingerprint density at radius 3 is 2.74 bits per heavy atom. The number of nitro benzene ring substituents is 1. The Labute approximate surface area is 125 Å². The number of aliphatic hydroxyl groups excluding tert-OH is 1. The Morgan fingerprint density at radius 1 is 1.42 bits per heavy atom. The van der Waals surface area contributed by atoms with Crippen LogP contribution in [0, 0.1) is 13.7 Å². The number of anilines is 1. The molecule has 1 aliphatic rings. The van der Waals surface area contributed by atoms with Crippen LogP contribution in [0.1, 0.15) is 25.7 Å². The Morgan fingerprint density at radius 2 is 2.11 bits per heavy atom. The SMILES string of the molecule is CN(c1ccc(I)cc1[N+](=O)[O-])C1CCCCC1O. The molecule has 6 heteroatoms. The summed E-state index contributed by atoms with van der Waals surface area (Å²) in [7, 11) is 1.83. The van der Waals surface area contributed by atoms with Crippen LogP contribution in [0.15, 0.2) is 18.2 Å². The average molecular weight is 376 g/mol. The van der Waals surface area contributed by atoms with E-state index in [0.717, 1.165) is 29.3 Å². The fourth-order valence-corrected chi connectivity index (χ4v) is 3.14. The second-order valence-corrected chi connectivity index (χ2v) is 6.17. The Hall–Kier alpha value is -0.890. The lowest BCUT2D eigenvalue weighted by atomic mass is 9.91. The van der Waals surface area contributed by atoms with E-state index < -0.39 is 6.10 Å². The van der Waals surface area contributed by atoms with E-state index in [0.29, 0.717) is 5.69 Å². The molecule has 1 N–H and O–H groups in total. The lowest BCUT2D eigenvalue weighted by Gasteiger charge is -2.36. The number of hydrogen-bond acceptors (Lipinski definition) is 4. The monoisotopic (exact) mass is 376 g/mol. The van der Waals surface area contributed by atoms with Gasteiger partial charge in [0.05, 0.1) is 17.1 Å². The molecule has 1 fully saturated rings. The number of hydrogen-bond donors (Lipinski definition) is 1. The molecule has 2 rings (SSSR count). The van der Waals surface area contributed by atoms with Crippen LogP contribution >= 0.6 is 22.6 Å². The lowest BCUT2D eigenvalue weighted by Crippen LogP contribution is -2.43. The van der Waals surface area contributed by atoms with Crippen molar-refractivity contribution in [3.63, 3.8) is 0 Å². The standard InChI is InChI=1S/C13H17IN2O3/c1-15(11-4-2-3-5-13(11)17)10-7-6-9(14)8-12(10)16(18)19/h6-8,11,13,17H,2-5H2,1H3. The molecule has 0 spiro atoms. The molecule has 1 aliphatic carbocycles. The second kappa shape index (κ2) is 6.04. The summed E-state index contributed by atoms with van der Waals surface area (Å²) in [6, 6.07) is 5.16. The summed E-state index contributed by atoms with van der Waals surface area (Å²) in [6.45, 7) is 0. The molecule has 1 aromatic carbocycles. The number of rotatable bonds is 3. The molecule has 19 heavy (non-hydrogen) atoms. The fourth-order valence-electron chi connectivity index (χ4n) is 2.66. The number of benzene rings is 1. The Bertz CT molecular complexity index is 481. The van der Waals surface area contributed by atoms with Gasteiger partial charge in [0.25, 0.3) is 5.69 Å². The molecule has 104 valence electrons. The van der Waals surface area contributed by atoms with E-state index in [1.165, 1.54) is 0 Å². The van der Waals surface area contributed by atoms with Gasteiger partial charge >= 0.3 is 0 Å². The van der Waals surface area contributed by atoms with Gasteiger partial charge in [-0.05, 0) is 47.6 Å². The van der Waals surface area contributed by atoms with Gasteiger partial charge in [0.2, 0.25) is 0 Å². The van der Waals surface area contributed by atoms with Crippen molar-refractivity contribution in [3.05, 3.63) is 31.9 Å². The van der Waals surface area contributed by atoms with Gasteiger partial charge in [0.15, 0.2) is 0 Å². The molecule has 1 saturated carbocycles. The van der Waals surface area contributed by atoms with Crippen LogP contribution in [0.2, 0.25) is 0 Å². The minimum atomic E-state index is -0.405. The third kappa shape index (κ3) is 3.17. The normalized spacial score (nSPS) is 23.1. The maximum absolute atomic E-state index is 11.2. The fraction of sp³-hybridized carbons (Fsp3) is 0.538. The van der Waals surface area contributed by atoms with Gasteiger partial charge in [-0.15, -0.1) is 0 Å². The largest absolute Gasteiger partial charge is 0.391 e. The Kier molecular flexibility index (Phi) is 4.62. The van der Waals surface area contributed by atoms with Gasteiger partial charge in [0.1, 0.15) is 5.69 Å². The van der Waals surface area contributed by atoms with Crippen molar-refractivity contribution in [1.82, 2.24) is 0 Å². The summed E-state index contributed by atoms with van der Waals surface area (Å²) in [4.78, 5) is 12.7. The van der Waals surface area contributed by atoms with Crippen molar-refractivity contribution in [3.8, 4) is 0 Å². The zero-order valence-electron chi connectivity index (χ0n) is 10.8. The highest BCUT2D eigenvalue weighted by Crippen LogP contribution is 2.33. The minimum absolute atomic E-state index is 0.0347. The highest BCUT2D eigenvalue weighted by Gasteiger charge is 2.30. The van der Waals surface area contributed by atoms with Crippen molar-refractivity contribution in [2.24, 2.45) is 0 Å². The van der Waals surface area contributed by atoms with Crippen LogP contribution in [0.25, 0.3) is 0 Å². The maximum atomic E-state index is 11.2. The summed E-state index contributed by atoms with van der Waals surface area (Å²) in [5.74, 6) is 0. The van der Waals surface area contributed by atoms with E-state index in [4.69, 9.17) is 0 Å². The van der Waals surface area contributed by atoms with Crippen LogP contribution in [-0.2, 0) is 0 Å². The van der Waals surface area contributed by atoms with Crippen LogP contribution in [0.4, 0.5) is 11.4 Å². The molecule has 1 aromatic rings. The molecule has 0 heterocycles. The molecular weight excluding hydrogens is 359 g/mol. The predicted molar refractivity (Wildman–Crippen MR) is 82.5 cm³/mol. The van der Waals surface area contributed by atoms with E-state index in [1.54, 1.807) is 12.1 Å². The van der Waals surface area contributed by atoms with Gasteiger partial charge in [-0.1, -0.05) is 12.8 Å². The third-order valence-electron chi connectivity index (χ3n) is 3.71. The molecule has 5 nitrogen and oxygen atoms in total. The highest BCUT2D eigenvalue weighted by molar-refractivity contribution is 14.1. The number of nitro groups is 1. The number of halogens is 1. The lowest BCUT2D eigenvalue weighted by molar-refractivity contribution is -0.384. The first-order valence-electron chi connectivity index (χ1n) is 6.35. The van der Waals surface area contributed by atoms with Crippen molar-refractivity contribution < 1.29 is 10.0 Å². The van der Waals surface area contributed by atoms with E-state index in [2.05, 4.69) is 22.6 Å². The number of aliphatic hydroxyl groups is 1. The highest BCUT2D eigenvalue weighted by atomic mass is 127. The summed E-state index contributed by atoms with van der Waals surface area (Å²) in [5.41, 5.74) is 0.684. The van der Waals surface area contributed by atoms with Crippen LogP contribution < -0.4 is 4.90 Å². The van der Waals surface area contributed by atoms with Crippen molar-refractivity contribution in [1.29, 1.82) is 0 Å². The number of nitrogens with zero attached hydrogens (tertiary/aromatic N) is 2. The van der Waals surface area contributed by atoms with Gasteiger partial charge in [-0.25, -0.2) is 0 Å². The molecule has 0 aliphatic heterocycles. The first-order chi connectivity index (χ1) is 9.00. The first-order valence-corrected chi connectivity index (χ1v) is 7.43. The summed E-state index contributed by atoms with van der Waals surface area (Å²) in [6.07, 6.45) is 3.33. The quantitative estimate of drug-likeness (QED) is 0.501. The van der Waals surface area contributed by atoms with E-state index >= 15 is 0 Å². The van der Waals surface area contributed by atoms with Crippen molar-refractivity contribution in [2.45, 2.75) is 37.8 Å². The van der Waals surface area contributed by atoms with Gasteiger partial charge in [0, 0.05) is 16.7 Å². The first kappa shape index (κ1) is 14.5. The maximum Gasteiger partial charge on any atom is 0.293 e. The molecule has 0 aromatic heterocycles. The van der Waals surface area contributed by atoms with Crippen molar-refractivity contribution in [2.75, 3.05) is 11.9 Å². The molecule has 2 atom stereocenters. The topological polar surface area (TPSA) is 66.6 Å². The van der Waals surface area contributed by atoms with Crippen molar-refractivity contribution >= 4 is 34.0 Å². The third-order valence-corrected chi connectivity index (χ3v) is 4.38. The van der Waals surface area contributed by atoms with Crippen LogP contribution in [-0.4, -0.2) is 29.2 Å². The van der Waals surface area contributed by atoms with Crippen LogP contribution in [0.5, 0.6) is 0 Å². The zero-order valence-corrected chi connectivity index (χ0v) is 12.9. The zero-order chi connectivity index (χ0) is 14.0. The summed E-state index contributed by atoms with van der Waals surface area (Å²) < 4.78 is 0.839. The van der Waals surface area contributed by atoms with E-state index in [1.807, 2.05) is 18.0 Å². The van der Waals surface area contributed by atoms with Gasteiger partial charge in [-0.2, -0.15) is 0 Å². The molecule has 0 saturated heterocycles. The predicted octanol–water partition coefficient (Wildman–Crippen LogP) is 2.94. The second-order valence-electron chi connectivity index (χ2n) is 4.92. The Balaban J connectivity index is 2.32. The summed E-state index contributed by atoms with van der Waals surface area (Å²) in [5, 5.41) is 21.2. The van der Waals surface area contributed by atoms with E-state index in [-0.39, 0.29) is 16.7 Å². The molecular formula is C13H17IN2O3. The van der Waals surface area contributed by atoms with E-state index in [9.17, 15) is 15.2 Å². The summed E-state index contributed by atoms with van der Waals surface area (Å²) >= 11 is 2.07. The minimum Gasteiger partial charge on any atom is -0.391 e. The molecule has 0 radical (unpaired) electrons. The molecule has 0 bridgehead atoms. The molecule has 0 amide bonds. The smallest absolute Gasteiger partial charge is 0.293 e. The van der Waals surface area contributed by atoms with Gasteiger partial charge in [-0.3, -0.25) is 10.1 Å². The number of likely N-dealkylation sites (N-methyl/N-ethyl adjacent to an activating group) is 1.